The first-order chi connectivity index (χ1) is 12.8. The van der Waals surface area contributed by atoms with Gasteiger partial charge < -0.3 is 14.9 Å². The Balaban J connectivity index is 2.11. The van der Waals surface area contributed by atoms with Gasteiger partial charge in [-0.05, 0) is 19.3 Å². The molecule has 0 bridgehead atoms. The van der Waals surface area contributed by atoms with Gasteiger partial charge in [-0.1, -0.05) is 6.92 Å². The van der Waals surface area contributed by atoms with E-state index < -0.39 is 52.9 Å². The van der Waals surface area contributed by atoms with Crippen molar-refractivity contribution in [1.82, 2.24) is 14.8 Å². The number of rotatable bonds is 3. The van der Waals surface area contributed by atoms with Crippen LogP contribution < -0.4 is 0 Å². The van der Waals surface area contributed by atoms with E-state index in [1.165, 1.54) is 11.9 Å². The Labute approximate surface area is 157 Å². The molecule has 0 radical (unpaired) electrons. The SMILES string of the molecule is C[C@H]1CN(C(=O)C(C)(O)C(F)(F)F)CC[C@H]1N(C)C(=O)c1ncc(F)cc1F. The summed E-state index contributed by atoms with van der Waals surface area (Å²) in [4.78, 5) is 30.1. The lowest BCUT2D eigenvalue weighted by atomic mass is 9.91. The van der Waals surface area contributed by atoms with Gasteiger partial charge in [-0.25, -0.2) is 13.8 Å². The number of carbonyl (C=O) groups is 2. The molecule has 2 amide bonds. The molecule has 3 atom stereocenters. The zero-order valence-electron chi connectivity index (χ0n) is 15.4. The van der Waals surface area contributed by atoms with Crippen LogP contribution in [0.1, 0.15) is 30.8 Å². The Morgan fingerprint density at radius 3 is 2.43 bits per heavy atom. The van der Waals surface area contributed by atoms with Crippen LogP contribution in [0.15, 0.2) is 12.3 Å². The van der Waals surface area contributed by atoms with Crippen molar-refractivity contribution in [3.8, 4) is 0 Å². The van der Waals surface area contributed by atoms with Crippen LogP contribution in [-0.4, -0.2) is 69.7 Å². The number of carbonyl (C=O) groups excluding carboxylic acids is 2. The number of alkyl halides is 3. The molecule has 1 saturated heterocycles. The van der Waals surface area contributed by atoms with Crippen LogP contribution in [0, 0.1) is 17.6 Å². The molecule has 28 heavy (non-hydrogen) atoms. The number of hydrogen-bond donors (Lipinski definition) is 1. The molecule has 2 rings (SSSR count). The molecule has 1 aliphatic heterocycles. The number of hydrogen-bond acceptors (Lipinski definition) is 4. The summed E-state index contributed by atoms with van der Waals surface area (Å²) >= 11 is 0. The highest BCUT2D eigenvalue weighted by atomic mass is 19.4. The van der Waals surface area contributed by atoms with Crippen LogP contribution in [0.3, 0.4) is 0 Å². The number of aliphatic hydroxyl groups is 1. The molecular weight excluding hydrogens is 389 g/mol. The van der Waals surface area contributed by atoms with E-state index in [-0.39, 0.29) is 19.5 Å². The Morgan fingerprint density at radius 1 is 1.32 bits per heavy atom. The van der Waals surface area contributed by atoms with E-state index in [0.29, 0.717) is 19.2 Å². The second-order valence-corrected chi connectivity index (χ2v) is 7.05. The molecular formula is C17H20F5N3O3. The fraction of sp³-hybridized carbons (Fsp3) is 0.588. The topological polar surface area (TPSA) is 73.7 Å². The molecule has 0 aliphatic carbocycles. The van der Waals surface area contributed by atoms with Crippen LogP contribution in [-0.2, 0) is 4.79 Å². The van der Waals surface area contributed by atoms with E-state index in [0.717, 1.165) is 4.90 Å². The van der Waals surface area contributed by atoms with Crippen molar-refractivity contribution in [2.45, 2.75) is 38.1 Å². The maximum Gasteiger partial charge on any atom is 0.426 e. The highest BCUT2D eigenvalue weighted by Gasteiger charge is 2.57. The van der Waals surface area contributed by atoms with Crippen molar-refractivity contribution in [2.24, 2.45) is 5.92 Å². The van der Waals surface area contributed by atoms with E-state index in [1.807, 2.05) is 0 Å². The van der Waals surface area contributed by atoms with Crippen LogP contribution in [0.25, 0.3) is 0 Å². The smallest absolute Gasteiger partial charge is 0.373 e. The number of aromatic nitrogens is 1. The number of halogens is 5. The molecule has 0 spiro atoms. The van der Waals surface area contributed by atoms with Gasteiger partial charge in [0.05, 0.1) is 6.20 Å². The van der Waals surface area contributed by atoms with Crippen LogP contribution in [0.5, 0.6) is 0 Å². The molecule has 1 aromatic heterocycles. The first-order valence-electron chi connectivity index (χ1n) is 8.44. The minimum Gasteiger partial charge on any atom is -0.373 e. The highest BCUT2D eigenvalue weighted by Crippen LogP contribution is 2.33. The second-order valence-electron chi connectivity index (χ2n) is 7.05. The predicted octanol–water partition coefficient (Wildman–Crippen LogP) is 1.98. The van der Waals surface area contributed by atoms with Gasteiger partial charge in [0.2, 0.25) is 5.60 Å². The second kappa shape index (κ2) is 7.61. The third kappa shape index (κ3) is 4.08. The molecule has 1 N–H and O–H groups in total. The molecule has 1 unspecified atom stereocenters. The number of nitrogens with zero attached hydrogens (tertiary/aromatic N) is 3. The largest absolute Gasteiger partial charge is 0.426 e. The van der Waals surface area contributed by atoms with Crippen molar-refractivity contribution in [3.63, 3.8) is 0 Å². The summed E-state index contributed by atoms with van der Waals surface area (Å²) in [5.74, 6) is -4.80. The van der Waals surface area contributed by atoms with Crippen molar-refractivity contribution < 1.29 is 36.6 Å². The molecule has 1 fully saturated rings. The molecule has 2 heterocycles. The van der Waals surface area contributed by atoms with Gasteiger partial charge >= 0.3 is 6.18 Å². The normalized spacial score (nSPS) is 22.5. The summed E-state index contributed by atoms with van der Waals surface area (Å²) in [6.45, 7) is 1.75. The summed E-state index contributed by atoms with van der Waals surface area (Å²) in [5.41, 5.74) is -4.09. The van der Waals surface area contributed by atoms with Gasteiger partial charge in [0.15, 0.2) is 11.5 Å². The molecule has 11 heteroatoms. The molecule has 156 valence electrons. The van der Waals surface area contributed by atoms with E-state index in [1.54, 1.807) is 6.92 Å². The third-order valence-electron chi connectivity index (χ3n) is 4.94. The Kier molecular flexibility index (Phi) is 5.98. The Bertz CT molecular complexity index is 769. The summed E-state index contributed by atoms with van der Waals surface area (Å²) in [7, 11) is 1.37. The Morgan fingerprint density at radius 2 is 1.93 bits per heavy atom. The van der Waals surface area contributed by atoms with Crippen LogP contribution >= 0.6 is 0 Å². The lowest BCUT2D eigenvalue weighted by Gasteiger charge is -2.43. The van der Waals surface area contributed by atoms with Crippen molar-refractivity contribution in [3.05, 3.63) is 29.6 Å². The predicted molar refractivity (Wildman–Crippen MR) is 87.1 cm³/mol. The molecule has 6 nitrogen and oxygen atoms in total. The first-order valence-corrected chi connectivity index (χ1v) is 8.44. The molecule has 1 aliphatic rings. The van der Waals surface area contributed by atoms with E-state index in [2.05, 4.69) is 4.98 Å². The van der Waals surface area contributed by atoms with Gasteiger partial charge in [0.1, 0.15) is 5.82 Å². The lowest BCUT2D eigenvalue weighted by Crippen LogP contribution is -2.60. The van der Waals surface area contributed by atoms with Crippen LogP contribution in [0.2, 0.25) is 0 Å². The van der Waals surface area contributed by atoms with Crippen LogP contribution in [0.4, 0.5) is 22.0 Å². The van der Waals surface area contributed by atoms with E-state index in [4.69, 9.17) is 0 Å². The number of piperidine rings is 1. The minimum absolute atomic E-state index is 0.117. The minimum atomic E-state index is -5.12. The summed E-state index contributed by atoms with van der Waals surface area (Å²) in [5, 5.41) is 9.56. The van der Waals surface area contributed by atoms with Crippen molar-refractivity contribution >= 4 is 11.8 Å². The average Bonchev–Trinajstić information content (AvgIpc) is 2.58. The van der Waals surface area contributed by atoms with Crippen molar-refractivity contribution in [1.29, 1.82) is 0 Å². The quantitative estimate of drug-likeness (QED) is 0.775. The molecule has 0 aromatic carbocycles. The standard InChI is InChI=1S/C17H20F5N3O3/c1-9-8-25(15(27)16(2,28)17(20,21)22)5-4-12(9)24(3)14(26)13-11(19)6-10(18)7-23-13/h6-7,9,12,28H,4-5,8H2,1-3H3/t9-,12+,16?/m0/s1. The third-order valence-corrected chi connectivity index (χ3v) is 4.94. The number of likely N-dealkylation sites (tertiary alicyclic amines) is 1. The van der Waals surface area contributed by atoms with Gasteiger partial charge in [0, 0.05) is 32.2 Å². The summed E-state index contributed by atoms with van der Waals surface area (Å²) in [6, 6.07) is 0.0106. The van der Waals surface area contributed by atoms with E-state index in [9.17, 15) is 36.6 Å². The average molecular weight is 409 g/mol. The lowest BCUT2D eigenvalue weighted by molar-refractivity contribution is -0.251. The fourth-order valence-corrected chi connectivity index (χ4v) is 3.21. The van der Waals surface area contributed by atoms with Gasteiger partial charge in [-0.3, -0.25) is 9.59 Å². The maximum atomic E-state index is 13.8. The molecule has 0 saturated carbocycles. The molecule has 1 aromatic rings. The zero-order chi connectivity index (χ0) is 21.4. The number of pyridine rings is 1. The monoisotopic (exact) mass is 409 g/mol. The zero-order valence-corrected chi connectivity index (χ0v) is 15.4. The van der Waals surface area contributed by atoms with Gasteiger partial charge in [-0.15, -0.1) is 0 Å². The maximum absolute atomic E-state index is 13.8. The first kappa shape index (κ1) is 22.0. The summed E-state index contributed by atoms with van der Waals surface area (Å²) in [6.07, 6.45) is -4.30. The highest BCUT2D eigenvalue weighted by molar-refractivity contribution is 5.92. The fourth-order valence-electron chi connectivity index (χ4n) is 3.21. The van der Waals surface area contributed by atoms with Crippen molar-refractivity contribution in [2.75, 3.05) is 20.1 Å². The van der Waals surface area contributed by atoms with Gasteiger partial charge in [0.25, 0.3) is 11.8 Å². The van der Waals surface area contributed by atoms with E-state index >= 15 is 0 Å². The summed E-state index contributed by atoms with van der Waals surface area (Å²) < 4.78 is 65.4. The number of amides is 2. The van der Waals surface area contributed by atoms with Gasteiger partial charge in [-0.2, -0.15) is 13.2 Å². The Hall–Kier alpha value is -2.30.